The average molecular weight is 450 g/mol. The van der Waals surface area contributed by atoms with Crippen LogP contribution in [0, 0.1) is 19.7 Å². The van der Waals surface area contributed by atoms with Gasteiger partial charge in [-0.15, -0.1) is 0 Å². The molecule has 1 amide bonds. The SMILES string of the molecule is CC(=O)N1CCN(c2ncc3[nH]c(-c4cn5ncnc5c(C)c4C)c(C(C)C)c3c2F)CC1. The van der Waals surface area contributed by atoms with Gasteiger partial charge in [-0.3, -0.25) is 4.79 Å². The van der Waals surface area contributed by atoms with Gasteiger partial charge in [0.05, 0.1) is 17.4 Å². The van der Waals surface area contributed by atoms with Crippen LogP contribution in [0.5, 0.6) is 0 Å². The summed E-state index contributed by atoms with van der Waals surface area (Å²) in [6.07, 6.45) is 5.22. The lowest BCUT2D eigenvalue weighted by atomic mass is 9.94. The van der Waals surface area contributed by atoms with Crippen molar-refractivity contribution in [1.29, 1.82) is 0 Å². The molecule has 4 aromatic heterocycles. The first-order valence-corrected chi connectivity index (χ1v) is 11.3. The predicted octanol–water partition coefficient (Wildman–Crippen LogP) is 3.82. The first-order chi connectivity index (χ1) is 15.8. The van der Waals surface area contributed by atoms with Crippen LogP contribution in [-0.4, -0.2) is 61.6 Å². The molecule has 0 atom stereocenters. The van der Waals surface area contributed by atoms with Crippen molar-refractivity contribution in [3.8, 4) is 11.3 Å². The minimum Gasteiger partial charge on any atom is -0.353 e. The maximum Gasteiger partial charge on any atom is 0.219 e. The Morgan fingerprint density at radius 2 is 1.85 bits per heavy atom. The molecule has 5 heterocycles. The van der Waals surface area contributed by atoms with E-state index in [0.717, 1.165) is 33.6 Å². The highest BCUT2D eigenvalue weighted by atomic mass is 19.1. The average Bonchev–Trinajstić information content (AvgIpc) is 3.41. The molecule has 0 aliphatic carbocycles. The number of hydrogen-bond donors (Lipinski definition) is 1. The fourth-order valence-corrected chi connectivity index (χ4v) is 4.86. The minimum absolute atomic E-state index is 0.0471. The summed E-state index contributed by atoms with van der Waals surface area (Å²) < 4.78 is 17.8. The quantitative estimate of drug-likeness (QED) is 0.514. The van der Waals surface area contributed by atoms with Crippen LogP contribution in [0.1, 0.15) is 43.4 Å². The number of aryl methyl sites for hydroxylation is 1. The third-order valence-corrected chi connectivity index (χ3v) is 6.80. The van der Waals surface area contributed by atoms with Crippen LogP contribution in [0.4, 0.5) is 10.2 Å². The topological polar surface area (TPSA) is 82.4 Å². The molecule has 1 N–H and O–H groups in total. The largest absolute Gasteiger partial charge is 0.353 e. The lowest BCUT2D eigenvalue weighted by molar-refractivity contribution is -0.129. The molecule has 0 spiro atoms. The number of piperazine rings is 1. The number of carbonyl (C=O) groups is 1. The molecule has 1 aliphatic heterocycles. The Hall–Kier alpha value is -3.49. The second kappa shape index (κ2) is 7.83. The van der Waals surface area contributed by atoms with E-state index in [9.17, 15) is 4.79 Å². The van der Waals surface area contributed by atoms with Crippen LogP contribution in [0.3, 0.4) is 0 Å². The Balaban J connectivity index is 1.66. The maximum absolute atomic E-state index is 16.0. The summed E-state index contributed by atoms with van der Waals surface area (Å²) in [7, 11) is 0. The molecular formula is C24H28FN7O. The van der Waals surface area contributed by atoms with E-state index in [1.54, 1.807) is 28.9 Å². The molecule has 4 aromatic rings. The van der Waals surface area contributed by atoms with Gasteiger partial charge in [0.2, 0.25) is 5.91 Å². The van der Waals surface area contributed by atoms with Crippen LogP contribution in [0.15, 0.2) is 18.7 Å². The molecule has 1 fully saturated rings. The molecule has 0 saturated carbocycles. The van der Waals surface area contributed by atoms with E-state index in [2.05, 4.69) is 40.8 Å². The molecule has 172 valence electrons. The number of halogens is 1. The van der Waals surface area contributed by atoms with Crippen molar-refractivity contribution in [3.63, 3.8) is 0 Å². The number of aromatic nitrogens is 5. The Morgan fingerprint density at radius 3 is 2.52 bits per heavy atom. The van der Waals surface area contributed by atoms with E-state index in [1.165, 1.54) is 0 Å². The summed E-state index contributed by atoms with van der Waals surface area (Å²) in [4.78, 5) is 27.6. The molecular weight excluding hydrogens is 421 g/mol. The standard InChI is InChI=1S/C24H28FN7O/c1-13(2)19-20-18(10-26-24(21(20)25)31-8-6-30(7-9-31)16(5)33)29-22(19)17-11-32-23(27-12-28-32)15(4)14(17)3/h10-13,29H,6-9H2,1-5H3. The summed E-state index contributed by atoms with van der Waals surface area (Å²) in [6.45, 7) is 12.1. The van der Waals surface area contributed by atoms with E-state index in [1.807, 2.05) is 18.0 Å². The molecule has 1 aliphatic rings. The molecule has 33 heavy (non-hydrogen) atoms. The van der Waals surface area contributed by atoms with Crippen molar-refractivity contribution in [1.82, 2.24) is 29.5 Å². The van der Waals surface area contributed by atoms with Gasteiger partial charge in [0.15, 0.2) is 17.3 Å². The first-order valence-electron chi connectivity index (χ1n) is 11.3. The number of rotatable bonds is 3. The number of carbonyl (C=O) groups excluding carboxylic acids is 1. The zero-order valence-corrected chi connectivity index (χ0v) is 19.6. The van der Waals surface area contributed by atoms with Gasteiger partial charge < -0.3 is 14.8 Å². The summed E-state index contributed by atoms with van der Waals surface area (Å²) >= 11 is 0. The number of anilines is 1. The number of amides is 1. The van der Waals surface area contributed by atoms with E-state index < -0.39 is 0 Å². The van der Waals surface area contributed by atoms with Crippen molar-refractivity contribution in [2.24, 2.45) is 0 Å². The van der Waals surface area contributed by atoms with Crippen LogP contribution in [0.2, 0.25) is 0 Å². The lowest BCUT2D eigenvalue weighted by Crippen LogP contribution is -2.48. The summed E-state index contributed by atoms with van der Waals surface area (Å²) in [6, 6.07) is 0. The Bertz CT molecular complexity index is 1380. The molecule has 9 heteroatoms. The number of fused-ring (bicyclic) bond motifs is 2. The van der Waals surface area contributed by atoms with E-state index in [0.29, 0.717) is 42.9 Å². The highest BCUT2D eigenvalue weighted by molar-refractivity contribution is 5.94. The number of hydrogen-bond acceptors (Lipinski definition) is 5. The number of aromatic amines is 1. The molecule has 5 rings (SSSR count). The lowest BCUT2D eigenvalue weighted by Gasteiger charge is -2.35. The Morgan fingerprint density at radius 1 is 1.12 bits per heavy atom. The second-order valence-electron chi connectivity index (χ2n) is 9.07. The Kier molecular flexibility index (Phi) is 5.07. The van der Waals surface area contributed by atoms with Gasteiger partial charge in [-0.05, 0) is 36.5 Å². The molecule has 8 nitrogen and oxygen atoms in total. The van der Waals surface area contributed by atoms with Gasteiger partial charge in [0.1, 0.15) is 6.33 Å². The predicted molar refractivity (Wildman–Crippen MR) is 126 cm³/mol. The van der Waals surface area contributed by atoms with Crippen molar-refractivity contribution in [3.05, 3.63) is 41.2 Å². The normalized spacial score (nSPS) is 14.8. The van der Waals surface area contributed by atoms with Gasteiger partial charge in [-0.2, -0.15) is 5.10 Å². The highest BCUT2D eigenvalue weighted by Gasteiger charge is 2.27. The number of nitrogens with zero attached hydrogens (tertiary/aromatic N) is 6. The molecule has 0 aromatic carbocycles. The highest BCUT2D eigenvalue weighted by Crippen LogP contribution is 2.40. The smallest absolute Gasteiger partial charge is 0.219 e. The van der Waals surface area contributed by atoms with Gasteiger partial charge in [0.25, 0.3) is 0 Å². The molecule has 0 unspecified atom stereocenters. The molecule has 0 bridgehead atoms. The van der Waals surface area contributed by atoms with Gasteiger partial charge in [-0.1, -0.05) is 13.8 Å². The molecule has 0 radical (unpaired) electrons. The monoisotopic (exact) mass is 449 g/mol. The van der Waals surface area contributed by atoms with Crippen LogP contribution in [-0.2, 0) is 4.79 Å². The summed E-state index contributed by atoms with van der Waals surface area (Å²) in [5.41, 5.74) is 6.40. The maximum atomic E-state index is 16.0. The number of H-pyrrole nitrogens is 1. The fourth-order valence-electron chi connectivity index (χ4n) is 4.86. The van der Waals surface area contributed by atoms with E-state index in [4.69, 9.17) is 0 Å². The van der Waals surface area contributed by atoms with Crippen molar-refractivity contribution < 1.29 is 9.18 Å². The van der Waals surface area contributed by atoms with Gasteiger partial charge in [0, 0.05) is 50.2 Å². The summed E-state index contributed by atoms with van der Waals surface area (Å²) in [5, 5.41) is 4.90. The third kappa shape index (κ3) is 3.34. The fraction of sp³-hybridized carbons (Fsp3) is 0.417. The van der Waals surface area contributed by atoms with Crippen LogP contribution >= 0.6 is 0 Å². The zero-order valence-electron chi connectivity index (χ0n) is 19.6. The number of nitrogens with one attached hydrogen (secondary N) is 1. The molecule has 1 saturated heterocycles. The van der Waals surface area contributed by atoms with E-state index >= 15 is 4.39 Å². The minimum atomic E-state index is -0.314. The second-order valence-corrected chi connectivity index (χ2v) is 9.07. The van der Waals surface area contributed by atoms with Crippen molar-refractivity contribution in [2.45, 2.75) is 40.5 Å². The van der Waals surface area contributed by atoms with Gasteiger partial charge in [-0.25, -0.2) is 18.9 Å². The third-order valence-electron chi connectivity index (χ3n) is 6.80. The zero-order chi connectivity index (χ0) is 23.4. The van der Waals surface area contributed by atoms with Crippen molar-refractivity contribution in [2.75, 3.05) is 31.1 Å². The van der Waals surface area contributed by atoms with Crippen LogP contribution in [0.25, 0.3) is 27.8 Å². The number of pyridine rings is 2. The van der Waals surface area contributed by atoms with E-state index in [-0.39, 0.29) is 17.6 Å². The first kappa shape index (κ1) is 21.4. The van der Waals surface area contributed by atoms with Crippen molar-refractivity contribution >= 4 is 28.3 Å². The van der Waals surface area contributed by atoms with Gasteiger partial charge >= 0.3 is 0 Å². The summed E-state index contributed by atoms with van der Waals surface area (Å²) in [5.74, 6) is 0.161. The Labute approximate surface area is 191 Å². The van der Waals surface area contributed by atoms with Crippen LogP contribution < -0.4 is 4.90 Å².